The lowest BCUT2D eigenvalue weighted by molar-refractivity contribution is -0.144. The Bertz CT molecular complexity index is 438. The number of carboxylic acid groups (broad SMARTS) is 1. The Morgan fingerprint density at radius 2 is 1.89 bits per heavy atom. The first-order valence-electron chi connectivity index (χ1n) is 6.22. The van der Waals surface area contributed by atoms with E-state index in [0.29, 0.717) is 6.42 Å². The number of pyridine rings is 1. The molecule has 0 fully saturated rings. The highest BCUT2D eigenvalue weighted by Crippen LogP contribution is 2.19. The van der Waals surface area contributed by atoms with E-state index >= 15 is 0 Å². The summed E-state index contributed by atoms with van der Waals surface area (Å²) in [5, 5.41) is 11.7. The summed E-state index contributed by atoms with van der Waals surface area (Å²) >= 11 is 0. The molecular weight excluding hydrogens is 244 g/mol. The lowest BCUT2D eigenvalue weighted by Crippen LogP contribution is -2.49. The predicted molar refractivity (Wildman–Crippen MR) is 71.6 cm³/mol. The SMILES string of the molecule is CC(C)(C)C(NC(=O)CCc1ccncc1)C(=O)O. The first-order chi connectivity index (χ1) is 8.80. The highest BCUT2D eigenvalue weighted by molar-refractivity contribution is 5.84. The van der Waals surface area contributed by atoms with Gasteiger partial charge in [0, 0.05) is 18.8 Å². The van der Waals surface area contributed by atoms with E-state index in [-0.39, 0.29) is 12.3 Å². The zero-order valence-electron chi connectivity index (χ0n) is 11.5. The van der Waals surface area contributed by atoms with Gasteiger partial charge in [0.1, 0.15) is 6.04 Å². The second kappa shape index (κ2) is 6.31. The monoisotopic (exact) mass is 264 g/mol. The minimum Gasteiger partial charge on any atom is -0.480 e. The molecule has 2 N–H and O–H groups in total. The predicted octanol–water partition coefficient (Wildman–Crippen LogP) is 1.63. The number of amides is 1. The van der Waals surface area contributed by atoms with Crippen molar-refractivity contribution in [2.24, 2.45) is 5.41 Å². The fourth-order valence-corrected chi connectivity index (χ4v) is 1.69. The van der Waals surface area contributed by atoms with Crippen molar-refractivity contribution in [1.29, 1.82) is 0 Å². The van der Waals surface area contributed by atoms with Gasteiger partial charge in [0.05, 0.1) is 0 Å². The van der Waals surface area contributed by atoms with Crippen molar-refractivity contribution < 1.29 is 14.7 Å². The average molecular weight is 264 g/mol. The first kappa shape index (κ1) is 15.1. The van der Waals surface area contributed by atoms with Crippen LogP contribution in [0.4, 0.5) is 0 Å². The molecule has 0 aromatic carbocycles. The molecule has 104 valence electrons. The van der Waals surface area contributed by atoms with Crippen molar-refractivity contribution in [3.8, 4) is 0 Å². The molecule has 5 nitrogen and oxygen atoms in total. The number of hydrogen-bond acceptors (Lipinski definition) is 3. The summed E-state index contributed by atoms with van der Waals surface area (Å²) in [6.07, 6.45) is 4.18. The maximum atomic E-state index is 11.8. The number of carboxylic acids is 1. The third-order valence-corrected chi connectivity index (χ3v) is 2.81. The molecule has 1 aromatic heterocycles. The van der Waals surface area contributed by atoms with E-state index in [1.165, 1.54) is 0 Å². The van der Waals surface area contributed by atoms with Gasteiger partial charge in [-0.05, 0) is 29.5 Å². The molecule has 0 saturated carbocycles. The van der Waals surface area contributed by atoms with Crippen LogP contribution in [-0.2, 0) is 16.0 Å². The largest absolute Gasteiger partial charge is 0.480 e. The van der Waals surface area contributed by atoms with Gasteiger partial charge in [-0.1, -0.05) is 20.8 Å². The van der Waals surface area contributed by atoms with E-state index in [2.05, 4.69) is 10.3 Å². The van der Waals surface area contributed by atoms with Crippen LogP contribution in [0.25, 0.3) is 0 Å². The van der Waals surface area contributed by atoms with E-state index in [1.807, 2.05) is 12.1 Å². The molecule has 0 radical (unpaired) electrons. The average Bonchev–Trinajstić information content (AvgIpc) is 2.33. The van der Waals surface area contributed by atoms with E-state index in [4.69, 9.17) is 5.11 Å². The Morgan fingerprint density at radius 3 is 2.37 bits per heavy atom. The van der Waals surface area contributed by atoms with Gasteiger partial charge in [0.15, 0.2) is 0 Å². The molecule has 0 aliphatic rings. The van der Waals surface area contributed by atoms with Gasteiger partial charge in [-0.15, -0.1) is 0 Å². The number of aromatic nitrogens is 1. The third-order valence-electron chi connectivity index (χ3n) is 2.81. The van der Waals surface area contributed by atoms with Gasteiger partial charge in [0.2, 0.25) is 5.91 Å². The van der Waals surface area contributed by atoms with Crippen molar-refractivity contribution in [1.82, 2.24) is 10.3 Å². The smallest absolute Gasteiger partial charge is 0.326 e. The minimum atomic E-state index is -1.01. The maximum absolute atomic E-state index is 11.8. The van der Waals surface area contributed by atoms with Crippen LogP contribution in [0.3, 0.4) is 0 Å². The van der Waals surface area contributed by atoms with Crippen molar-refractivity contribution >= 4 is 11.9 Å². The summed E-state index contributed by atoms with van der Waals surface area (Å²) in [6.45, 7) is 5.36. The van der Waals surface area contributed by atoms with Crippen LogP contribution in [0.15, 0.2) is 24.5 Å². The number of carbonyl (C=O) groups excluding carboxylic acids is 1. The number of carbonyl (C=O) groups is 2. The minimum absolute atomic E-state index is 0.251. The van der Waals surface area contributed by atoms with Crippen molar-refractivity contribution in [2.75, 3.05) is 0 Å². The van der Waals surface area contributed by atoms with Gasteiger partial charge < -0.3 is 10.4 Å². The fourth-order valence-electron chi connectivity index (χ4n) is 1.69. The molecule has 1 atom stereocenters. The molecule has 5 heteroatoms. The number of hydrogen-bond donors (Lipinski definition) is 2. The standard InChI is InChI=1S/C14H20N2O3/c1-14(2,3)12(13(18)19)16-11(17)5-4-10-6-8-15-9-7-10/h6-9,12H,4-5H2,1-3H3,(H,16,17)(H,18,19). The summed E-state index contributed by atoms with van der Waals surface area (Å²) in [4.78, 5) is 26.8. The number of aryl methyl sites for hydroxylation is 1. The highest BCUT2D eigenvalue weighted by Gasteiger charge is 2.32. The summed E-state index contributed by atoms with van der Waals surface area (Å²) in [5.41, 5.74) is 0.491. The van der Waals surface area contributed by atoms with Crippen molar-refractivity contribution in [3.63, 3.8) is 0 Å². The molecule has 1 unspecified atom stereocenters. The molecule has 1 aromatic rings. The van der Waals surface area contributed by atoms with Crippen LogP contribution in [0, 0.1) is 5.41 Å². The second-order valence-electron chi connectivity index (χ2n) is 5.56. The molecule has 0 saturated heterocycles. The number of nitrogens with zero attached hydrogens (tertiary/aromatic N) is 1. The molecule has 0 aliphatic heterocycles. The molecule has 0 bridgehead atoms. The van der Waals surface area contributed by atoms with Crippen molar-refractivity contribution in [3.05, 3.63) is 30.1 Å². The van der Waals surface area contributed by atoms with Crippen LogP contribution in [-0.4, -0.2) is 28.0 Å². The second-order valence-corrected chi connectivity index (χ2v) is 5.56. The molecule has 1 amide bonds. The normalized spacial score (nSPS) is 12.8. The van der Waals surface area contributed by atoms with Gasteiger partial charge in [0.25, 0.3) is 0 Å². The van der Waals surface area contributed by atoms with Gasteiger partial charge >= 0.3 is 5.97 Å². The lowest BCUT2D eigenvalue weighted by atomic mass is 9.86. The van der Waals surface area contributed by atoms with Crippen molar-refractivity contribution in [2.45, 2.75) is 39.7 Å². The van der Waals surface area contributed by atoms with E-state index in [9.17, 15) is 9.59 Å². The summed E-state index contributed by atoms with van der Waals surface area (Å²) in [7, 11) is 0. The topological polar surface area (TPSA) is 79.3 Å². The molecule has 0 aliphatic carbocycles. The van der Waals surface area contributed by atoms with Gasteiger partial charge in [-0.3, -0.25) is 9.78 Å². The van der Waals surface area contributed by atoms with E-state index < -0.39 is 17.4 Å². The molecular formula is C14H20N2O3. The Hall–Kier alpha value is -1.91. The molecule has 19 heavy (non-hydrogen) atoms. The Morgan fingerprint density at radius 1 is 1.32 bits per heavy atom. The number of nitrogens with one attached hydrogen (secondary N) is 1. The Kier molecular flexibility index (Phi) is 5.03. The number of rotatable bonds is 5. The molecule has 1 rings (SSSR count). The zero-order chi connectivity index (χ0) is 14.5. The molecule has 0 spiro atoms. The van der Waals surface area contributed by atoms with E-state index in [0.717, 1.165) is 5.56 Å². The highest BCUT2D eigenvalue weighted by atomic mass is 16.4. The molecule has 1 heterocycles. The van der Waals surface area contributed by atoms with Crippen LogP contribution in [0.5, 0.6) is 0 Å². The van der Waals surface area contributed by atoms with Gasteiger partial charge in [-0.2, -0.15) is 0 Å². The fraction of sp³-hybridized carbons (Fsp3) is 0.500. The van der Waals surface area contributed by atoms with Crippen LogP contribution >= 0.6 is 0 Å². The van der Waals surface area contributed by atoms with Crippen LogP contribution in [0.1, 0.15) is 32.8 Å². The maximum Gasteiger partial charge on any atom is 0.326 e. The first-order valence-corrected chi connectivity index (χ1v) is 6.22. The quantitative estimate of drug-likeness (QED) is 0.847. The Balaban J connectivity index is 2.52. The lowest BCUT2D eigenvalue weighted by Gasteiger charge is -2.27. The van der Waals surface area contributed by atoms with Crippen LogP contribution < -0.4 is 5.32 Å². The summed E-state index contributed by atoms with van der Waals surface area (Å²) in [6, 6.07) is 2.80. The zero-order valence-corrected chi connectivity index (χ0v) is 11.5. The summed E-state index contributed by atoms with van der Waals surface area (Å²) in [5.74, 6) is -1.26. The van der Waals surface area contributed by atoms with E-state index in [1.54, 1.807) is 33.2 Å². The van der Waals surface area contributed by atoms with Gasteiger partial charge in [-0.25, -0.2) is 4.79 Å². The van der Waals surface area contributed by atoms with Crippen LogP contribution in [0.2, 0.25) is 0 Å². The Labute approximate surface area is 113 Å². The summed E-state index contributed by atoms with van der Waals surface area (Å²) < 4.78 is 0. The number of aliphatic carboxylic acids is 1. The third kappa shape index (κ3) is 5.07.